The van der Waals surface area contributed by atoms with Gasteiger partial charge >= 0.3 is 0 Å². The second-order valence-electron chi connectivity index (χ2n) is 9.12. The molecule has 0 aromatic heterocycles. The summed E-state index contributed by atoms with van der Waals surface area (Å²) in [6.45, 7) is 9.92. The Bertz CT molecular complexity index is 783. The summed E-state index contributed by atoms with van der Waals surface area (Å²) in [6.07, 6.45) is 1.04. The fraction of sp³-hybridized carbons (Fsp3) is 0.583. The second kappa shape index (κ2) is 10.6. The van der Waals surface area contributed by atoms with Crippen molar-refractivity contribution in [3.63, 3.8) is 0 Å². The Morgan fingerprint density at radius 1 is 1.20 bits per heavy atom. The van der Waals surface area contributed by atoms with E-state index in [1.165, 1.54) is 0 Å². The van der Waals surface area contributed by atoms with Crippen LogP contribution < -0.4 is 4.74 Å². The van der Waals surface area contributed by atoms with Gasteiger partial charge in [-0.25, -0.2) is 0 Å². The SMILES string of the molecule is CC(C)COc1cccc(C2C(C(=O)CC(C)C)=C(O)C(=O)N2CCCN(C)C)c1. The number of ketones is 1. The number of Topliss-reactive ketones (excluding diaryl/α,β-unsaturated/α-hetero) is 1. The largest absolute Gasteiger partial charge is 0.503 e. The average molecular weight is 417 g/mol. The maximum atomic E-state index is 13.0. The minimum atomic E-state index is -0.589. The topological polar surface area (TPSA) is 70.1 Å². The highest BCUT2D eigenvalue weighted by molar-refractivity contribution is 6.09. The predicted octanol–water partition coefficient (Wildman–Crippen LogP) is 3.98. The lowest BCUT2D eigenvalue weighted by Crippen LogP contribution is -2.33. The van der Waals surface area contributed by atoms with E-state index in [0.29, 0.717) is 24.8 Å². The summed E-state index contributed by atoms with van der Waals surface area (Å²) in [5.74, 6) is 0.158. The highest BCUT2D eigenvalue weighted by atomic mass is 16.5. The minimum absolute atomic E-state index is 0.136. The average Bonchev–Trinajstić information content (AvgIpc) is 2.91. The molecule has 1 aromatic rings. The lowest BCUT2D eigenvalue weighted by Gasteiger charge is -2.28. The maximum Gasteiger partial charge on any atom is 0.290 e. The first-order valence-electron chi connectivity index (χ1n) is 10.8. The van der Waals surface area contributed by atoms with Crippen molar-refractivity contribution in [1.29, 1.82) is 0 Å². The Labute approximate surface area is 180 Å². The normalized spacial score (nSPS) is 17.0. The Kier molecular flexibility index (Phi) is 8.47. The van der Waals surface area contributed by atoms with E-state index in [2.05, 4.69) is 13.8 Å². The van der Waals surface area contributed by atoms with E-state index in [0.717, 1.165) is 18.5 Å². The third-order valence-electron chi connectivity index (χ3n) is 4.96. The quantitative estimate of drug-likeness (QED) is 0.591. The number of hydrogen-bond acceptors (Lipinski definition) is 5. The van der Waals surface area contributed by atoms with Crippen molar-refractivity contribution >= 4 is 11.7 Å². The van der Waals surface area contributed by atoms with Crippen molar-refractivity contribution in [3.8, 4) is 5.75 Å². The first kappa shape index (κ1) is 23.9. The fourth-order valence-corrected chi connectivity index (χ4v) is 3.59. The molecule has 6 nitrogen and oxygen atoms in total. The molecule has 1 N–H and O–H groups in total. The van der Waals surface area contributed by atoms with Gasteiger partial charge in [0.05, 0.1) is 18.2 Å². The van der Waals surface area contributed by atoms with Crippen molar-refractivity contribution in [1.82, 2.24) is 9.80 Å². The second-order valence-corrected chi connectivity index (χ2v) is 9.12. The summed E-state index contributed by atoms with van der Waals surface area (Å²) in [5, 5.41) is 10.6. The molecule has 1 unspecified atom stereocenters. The fourth-order valence-electron chi connectivity index (χ4n) is 3.59. The van der Waals surface area contributed by atoms with Crippen LogP contribution in [0.4, 0.5) is 0 Å². The number of rotatable bonds is 11. The maximum absolute atomic E-state index is 13.0. The Balaban J connectivity index is 2.40. The molecule has 0 aliphatic carbocycles. The predicted molar refractivity (Wildman–Crippen MR) is 119 cm³/mol. The van der Waals surface area contributed by atoms with Crippen LogP contribution in [0.1, 0.15) is 52.1 Å². The number of nitrogens with zero attached hydrogens (tertiary/aromatic N) is 2. The molecule has 30 heavy (non-hydrogen) atoms. The molecule has 0 saturated carbocycles. The van der Waals surface area contributed by atoms with E-state index in [9.17, 15) is 14.7 Å². The first-order valence-corrected chi connectivity index (χ1v) is 10.8. The number of hydrogen-bond donors (Lipinski definition) is 1. The molecule has 1 amide bonds. The number of carbonyl (C=O) groups excluding carboxylic acids is 2. The van der Waals surface area contributed by atoms with Gasteiger partial charge < -0.3 is 19.6 Å². The molecule has 1 aromatic carbocycles. The molecule has 1 aliphatic rings. The van der Waals surface area contributed by atoms with Crippen molar-refractivity contribution in [2.75, 3.05) is 33.8 Å². The molecular weight excluding hydrogens is 380 g/mol. The monoisotopic (exact) mass is 416 g/mol. The van der Waals surface area contributed by atoms with Crippen LogP contribution in [-0.2, 0) is 9.59 Å². The summed E-state index contributed by atoms with van der Waals surface area (Å²) in [7, 11) is 3.96. The Morgan fingerprint density at radius 3 is 2.50 bits per heavy atom. The zero-order chi connectivity index (χ0) is 22.4. The molecule has 6 heteroatoms. The standard InChI is InChI=1S/C24H36N2O4/c1-16(2)13-20(27)21-22(18-9-7-10-19(14-18)30-15-17(3)4)26(24(29)23(21)28)12-8-11-25(5)6/h7,9-10,14,16-17,22,28H,8,11-13,15H2,1-6H3. The molecule has 1 atom stereocenters. The molecule has 1 heterocycles. The number of aliphatic hydroxyl groups is 1. The van der Waals surface area contributed by atoms with E-state index in [1.807, 2.05) is 57.1 Å². The van der Waals surface area contributed by atoms with Gasteiger partial charge in [0.2, 0.25) is 0 Å². The number of benzene rings is 1. The Morgan fingerprint density at radius 2 is 1.90 bits per heavy atom. The lowest BCUT2D eigenvalue weighted by atomic mass is 9.92. The van der Waals surface area contributed by atoms with Crippen LogP contribution in [0.25, 0.3) is 0 Å². The van der Waals surface area contributed by atoms with Crippen LogP contribution in [0, 0.1) is 11.8 Å². The van der Waals surface area contributed by atoms with Crippen LogP contribution in [0.3, 0.4) is 0 Å². The van der Waals surface area contributed by atoms with Crippen LogP contribution in [0.5, 0.6) is 5.75 Å². The van der Waals surface area contributed by atoms with Gasteiger partial charge in [0.1, 0.15) is 5.75 Å². The smallest absolute Gasteiger partial charge is 0.290 e. The van der Waals surface area contributed by atoms with E-state index < -0.39 is 17.7 Å². The van der Waals surface area contributed by atoms with E-state index in [1.54, 1.807) is 4.90 Å². The van der Waals surface area contributed by atoms with Gasteiger partial charge in [0.15, 0.2) is 11.5 Å². The summed E-state index contributed by atoms with van der Waals surface area (Å²) in [6, 6.07) is 6.92. The van der Waals surface area contributed by atoms with Crippen LogP contribution in [-0.4, -0.2) is 60.4 Å². The van der Waals surface area contributed by atoms with Crippen molar-refractivity contribution in [2.45, 2.75) is 46.6 Å². The zero-order valence-corrected chi connectivity index (χ0v) is 19.1. The highest BCUT2D eigenvalue weighted by Crippen LogP contribution is 2.39. The van der Waals surface area contributed by atoms with Gasteiger partial charge in [-0.15, -0.1) is 0 Å². The highest BCUT2D eigenvalue weighted by Gasteiger charge is 2.43. The summed E-state index contributed by atoms with van der Waals surface area (Å²) in [5.41, 5.74) is 0.991. The number of carbonyl (C=O) groups is 2. The molecule has 166 valence electrons. The number of amides is 1. The van der Waals surface area contributed by atoms with Crippen molar-refractivity contribution < 1.29 is 19.4 Å². The zero-order valence-electron chi connectivity index (χ0n) is 19.1. The van der Waals surface area contributed by atoms with Gasteiger partial charge in [0.25, 0.3) is 5.91 Å². The van der Waals surface area contributed by atoms with E-state index in [4.69, 9.17) is 4.74 Å². The van der Waals surface area contributed by atoms with E-state index >= 15 is 0 Å². The molecule has 0 fully saturated rings. The number of ether oxygens (including phenoxy) is 1. The van der Waals surface area contributed by atoms with Gasteiger partial charge in [0, 0.05) is 13.0 Å². The summed E-state index contributed by atoms with van der Waals surface area (Å²) >= 11 is 0. The van der Waals surface area contributed by atoms with Crippen molar-refractivity contribution in [3.05, 3.63) is 41.2 Å². The van der Waals surface area contributed by atoms with Crippen LogP contribution >= 0.6 is 0 Å². The third-order valence-corrected chi connectivity index (χ3v) is 4.96. The van der Waals surface area contributed by atoms with Crippen LogP contribution in [0.15, 0.2) is 35.6 Å². The molecule has 1 aliphatic heterocycles. The Hall–Kier alpha value is -2.34. The molecule has 0 saturated heterocycles. The minimum Gasteiger partial charge on any atom is -0.503 e. The van der Waals surface area contributed by atoms with Crippen LogP contribution in [0.2, 0.25) is 0 Å². The summed E-state index contributed by atoms with van der Waals surface area (Å²) in [4.78, 5) is 29.5. The molecule has 2 rings (SSSR count). The molecule has 0 bridgehead atoms. The first-order chi connectivity index (χ1) is 14.1. The molecular formula is C24H36N2O4. The van der Waals surface area contributed by atoms with Gasteiger partial charge in [-0.1, -0.05) is 39.8 Å². The van der Waals surface area contributed by atoms with Gasteiger partial charge in [-0.3, -0.25) is 9.59 Å². The van der Waals surface area contributed by atoms with Crippen molar-refractivity contribution in [2.24, 2.45) is 11.8 Å². The molecule has 0 radical (unpaired) electrons. The van der Waals surface area contributed by atoms with Gasteiger partial charge in [-0.2, -0.15) is 0 Å². The summed E-state index contributed by atoms with van der Waals surface area (Å²) < 4.78 is 5.86. The molecule has 0 spiro atoms. The third kappa shape index (κ3) is 6.08. The lowest BCUT2D eigenvalue weighted by molar-refractivity contribution is -0.129. The van der Waals surface area contributed by atoms with E-state index in [-0.39, 0.29) is 23.7 Å². The number of aliphatic hydroxyl groups excluding tert-OH is 1. The van der Waals surface area contributed by atoms with Gasteiger partial charge in [-0.05, 0) is 56.6 Å².